The first-order chi connectivity index (χ1) is 16.7. The number of benzene rings is 2. The zero-order valence-corrected chi connectivity index (χ0v) is 19.8. The second-order valence-corrected chi connectivity index (χ2v) is 7.65. The van der Waals surface area contributed by atoms with Crippen LogP contribution in [0.5, 0.6) is 17.2 Å². The molecule has 0 aromatic heterocycles. The number of ether oxygens (including phenoxy) is 4. The summed E-state index contributed by atoms with van der Waals surface area (Å²) in [5.41, 5.74) is 2.25. The van der Waals surface area contributed by atoms with E-state index in [0.717, 1.165) is 42.6 Å². The number of carbonyl (C=O) groups excluding carboxylic acids is 2. The van der Waals surface area contributed by atoms with Crippen LogP contribution in [0.3, 0.4) is 0 Å². The lowest BCUT2D eigenvalue weighted by atomic mass is 10.1. The monoisotopic (exact) mass is 497 g/mol. The van der Waals surface area contributed by atoms with E-state index in [1.807, 2.05) is 42.5 Å². The van der Waals surface area contributed by atoms with Gasteiger partial charge in [-0.05, 0) is 67.6 Å². The van der Waals surface area contributed by atoms with Crippen LogP contribution in [0.4, 0.5) is 13.2 Å². The van der Waals surface area contributed by atoms with E-state index in [1.165, 1.54) is 0 Å². The number of methoxy groups -OCH3 is 2. The maximum absolute atomic E-state index is 12.0. The number of halogens is 3. The van der Waals surface area contributed by atoms with Gasteiger partial charge in [-0.15, -0.1) is 0 Å². The quantitative estimate of drug-likeness (QED) is 0.237. The molecule has 0 atom stereocenters. The van der Waals surface area contributed by atoms with Crippen molar-refractivity contribution in [2.75, 3.05) is 33.9 Å². The number of nitrogens with one attached hydrogen (secondary N) is 1. The molecule has 0 spiro atoms. The van der Waals surface area contributed by atoms with Gasteiger partial charge in [0.15, 0.2) is 11.5 Å². The van der Waals surface area contributed by atoms with Crippen molar-refractivity contribution >= 4 is 11.9 Å². The van der Waals surface area contributed by atoms with Gasteiger partial charge >= 0.3 is 18.1 Å². The van der Waals surface area contributed by atoms with E-state index in [1.54, 1.807) is 14.2 Å². The van der Waals surface area contributed by atoms with Crippen molar-refractivity contribution in [1.82, 2.24) is 5.32 Å². The Balaban J connectivity index is 1.58. The molecule has 0 aliphatic heterocycles. The van der Waals surface area contributed by atoms with Crippen LogP contribution in [0, 0.1) is 0 Å². The van der Waals surface area contributed by atoms with Crippen molar-refractivity contribution in [2.24, 2.45) is 0 Å². The summed E-state index contributed by atoms with van der Waals surface area (Å²) in [6, 6.07) is 13.6. The van der Waals surface area contributed by atoms with Gasteiger partial charge in [-0.3, -0.25) is 4.79 Å². The van der Waals surface area contributed by atoms with Crippen molar-refractivity contribution in [3.63, 3.8) is 0 Å². The lowest BCUT2D eigenvalue weighted by Crippen LogP contribution is -2.29. The lowest BCUT2D eigenvalue weighted by molar-refractivity contribution is -0.201. The van der Waals surface area contributed by atoms with E-state index in [0.29, 0.717) is 24.7 Å². The van der Waals surface area contributed by atoms with Crippen LogP contribution >= 0.6 is 0 Å². The van der Waals surface area contributed by atoms with E-state index in [9.17, 15) is 22.8 Å². The zero-order chi connectivity index (χ0) is 25.7. The lowest BCUT2D eigenvalue weighted by Gasteiger charge is -2.10. The molecule has 0 fully saturated rings. The largest absolute Gasteiger partial charge is 0.494 e. The second kappa shape index (κ2) is 14.2. The van der Waals surface area contributed by atoms with Crippen molar-refractivity contribution in [3.05, 3.63) is 53.6 Å². The molecule has 1 N–H and O–H groups in total. The first kappa shape index (κ1) is 28.0. The van der Waals surface area contributed by atoms with E-state index < -0.39 is 18.1 Å². The molecule has 0 heterocycles. The van der Waals surface area contributed by atoms with Crippen molar-refractivity contribution in [2.45, 2.75) is 38.3 Å². The Morgan fingerprint density at radius 3 is 2.17 bits per heavy atom. The Labute approximate surface area is 202 Å². The van der Waals surface area contributed by atoms with E-state index in [4.69, 9.17) is 14.2 Å². The highest BCUT2D eigenvalue weighted by molar-refractivity contribution is 5.88. The molecule has 0 saturated carbocycles. The van der Waals surface area contributed by atoms with Crippen LogP contribution in [0.1, 0.15) is 30.4 Å². The van der Waals surface area contributed by atoms with Gasteiger partial charge in [0, 0.05) is 6.54 Å². The normalized spacial score (nSPS) is 11.1. The van der Waals surface area contributed by atoms with Gasteiger partial charge in [-0.25, -0.2) is 4.79 Å². The number of hydrogen-bond donors (Lipinski definition) is 1. The maximum atomic E-state index is 12.0. The summed E-state index contributed by atoms with van der Waals surface area (Å²) in [7, 11) is 3.21. The number of carbonyl (C=O) groups is 2. The molecule has 10 heteroatoms. The summed E-state index contributed by atoms with van der Waals surface area (Å²) >= 11 is 0. The van der Waals surface area contributed by atoms with Crippen molar-refractivity contribution in [1.29, 1.82) is 0 Å². The molecule has 0 aliphatic rings. The van der Waals surface area contributed by atoms with Crippen LogP contribution in [0.25, 0.3) is 0 Å². The summed E-state index contributed by atoms with van der Waals surface area (Å²) in [4.78, 5) is 21.8. The Kier molecular flexibility index (Phi) is 11.4. The first-order valence-corrected chi connectivity index (χ1v) is 11.2. The molecule has 0 aliphatic carbocycles. The van der Waals surface area contributed by atoms with Crippen LogP contribution in [0.15, 0.2) is 42.5 Å². The molecule has 7 nitrogen and oxygen atoms in total. The Hall–Kier alpha value is -3.27. The molecule has 2 rings (SSSR count). The van der Waals surface area contributed by atoms with Crippen molar-refractivity contribution in [3.8, 4) is 17.2 Å². The van der Waals surface area contributed by atoms with E-state index in [2.05, 4.69) is 10.1 Å². The molecule has 0 radical (unpaired) electrons. The third-order valence-corrected chi connectivity index (χ3v) is 5.01. The van der Waals surface area contributed by atoms with Gasteiger partial charge in [0.25, 0.3) is 0 Å². The predicted molar refractivity (Wildman–Crippen MR) is 123 cm³/mol. The topological polar surface area (TPSA) is 83.1 Å². The highest BCUT2D eigenvalue weighted by atomic mass is 19.4. The highest BCUT2D eigenvalue weighted by Gasteiger charge is 2.42. The number of rotatable bonds is 14. The number of aryl methyl sites for hydroxylation is 2. The first-order valence-electron chi connectivity index (χ1n) is 11.2. The van der Waals surface area contributed by atoms with Crippen LogP contribution in [-0.2, 0) is 27.2 Å². The Bertz CT molecular complexity index is 947. The molecule has 35 heavy (non-hydrogen) atoms. The van der Waals surface area contributed by atoms with Gasteiger partial charge < -0.3 is 24.3 Å². The average molecular weight is 498 g/mol. The third-order valence-electron chi connectivity index (χ3n) is 5.01. The Morgan fingerprint density at radius 1 is 0.857 bits per heavy atom. The van der Waals surface area contributed by atoms with Crippen LogP contribution < -0.4 is 19.5 Å². The smallest absolute Gasteiger partial charge is 0.491 e. The predicted octanol–water partition coefficient (Wildman–Crippen LogP) is 4.26. The molecule has 0 saturated heterocycles. The van der Waals surface area contributed by atoms with E-state index >= 15 is 0 Å². The Morgan fingerprint density at radius 2 is 1.51 bits per heavy atom. The molecule has 2 aromatic carbocycles. The van der Waals surface area contributed by atoms with Gasteiger partial charge in [0.2, 0.25) is 0 Å². The minimum absolute atomic E-state index is 0.125. The molecule has 192 valence electrons. The summed E-state index contributed by atoms with van der Waals surface area (Å²) < 4.78 is 56.1. The average Bonchev–Trinajstić information content (AvgIpc) is 2.84. The summed E-state index contributed by atoms with van der Waals surface area (Å²) in [6.07, 6.45) is -2.25. The molecular weight excluding hydrogens is 467 g/mol. The number of hydrogen-bond acceptors (Lipinski definition) is 7. The zero-order valence-electron chi connectivity index (χ0n) is 19.8. The van der Waals surface area contributed by atoms with Gasteiger partial charge in [-0.1, -0.05) is 18.2 Å². The minimum Gasteiger partial charge on any atom is -0.494 e. The van der Waals surface area contributed by atoms with E-state index in [-0.39, 0.29) is 13.0 Å². The highest BCUT2D eigenvalue weighted by Crippen LogP contribution is 2.28. The van der Waals surface area contributed by atoms with Gasteiger partial charge in [-0.2, -0.15) is 13.2 Å². The number of esters is 2. The second-order valence-electron chi connectivity index (χ2n) is 7.65. The SMILES string of the molecule is COc1ccc(CCCOc2ccc(CCCNCCC(=O)OC(=O)C(F)(F)F)cc2)cc1OC. The molecular formula is C25H30F3NO6. The maximum Gasteiger partial charge on any atom is 0.491 e. The molecule has 0 unspecified atom stereocenters. The fraction of sp³-hybridized carbons (Fsp3) is 0.440. The standard InChI is InChI=1S/C25H30F3NO6/c1-32-21-12-9-19(17-22(21)33-2)6-4-16-34-20-10-7-18(8-11-20)5-3-14-29-15-13-23(30)35-24(31)25(26,27)28/h7-12,17,29H,3-6,13-16H2,1-2H3. The van der Waals surface area contributed by atoms with Crippen molar-refractivity contribution < 1.29 is 41.7 Å². The molecule has 0 amide bonds. The fourth-order valence-corrected chi connectivity index (χ4v) is 3.20. The summed E-state index contributed by atoms with van der Waals surface area (Å²) in [6.45, 7) is 1.27. The summed E-state index contributed by atoms with van der Waals surface area (Å²) in [5.74, 6) is -1.51. The van der Waals surface area contributed by atoms with Gasteiger partial charge in [0.1, 0.15) is 5.75 Å². The van der Waals surface area contributed by atoms with Gasteiger partial charge in [0.05, 0.1) is 27.2 Å². The molecule has 2 aromatic rings. The third kappa shape index (κ3) is 10.3. The summed E-state index contributed by atoms with van der Waals surface area (Å²) in [5, 5.41) is 2.94. The number of alkyl halides is 3. The molecule has 0 bridgehead atoms. The minimum atomic E-state index is -5.17. The van der Waals surface area contributed by atoms with Crippen LogP contribution in [-0.4, -0.2) is 52.0 Å². The van der Waals surface area contributed by atoms with Crippen LogP contribution in [0.2, 0.25) is 0 Å². The fourth-order valence-electron chi connectivity index (χ4n) is 3.20.